The lowest BCUT2D eigenvalue weighted by Crippen LogP contribution is -2.78. The summed E-state index contributed by atoms with van der Waals surface area (Å²) in [5, 5.41) is 59.6. The Morgan fingerprint density at radius 1 is 0.871 bits per heavy atom. The van der Waals surface area contributed by atoms with Crippen LogP contribution in [0, 0.1) is 60.7 Å². The van der Waals surface area contributed by atoms with Crippen molar-refractivity contribution in [3.8, 4) is 0 Å². The first-order valence-corrected chi connectivity index (χ1v) is 7.70. The van der Waals surface area contributed by atoms with Crippen molar-refractivity contribution in [1.82, 2.24) is 30.9 Å². The smallest absolute Gasteiger partial charge is 0.235 e. The molecule has 2 fully saturated rings. The molecule has 2 N–H and O–H groups in total. The van der Waals surface area contributed by atoms with Gasteiger partial charge in [0.15, 0.2) is 30.2 Å². The standard InChI is InChI=1S/C7H12N12O12/c1-10(16(24)25)3-11(17(26)27)7-2-4(7)12(18(28)29)5(8-14(20)21)6(9-15(22)23)13(7)19(30)31/h4-6,8-9H,2-3H2,1H3. The first-order valence-electron chi connectivity index (χ1n) is 7.70. The number of hydrogen-bond donors (Lipinski definition) is 2. The fourth-order valence-corrected chi connectivity index (χ4v) is 3.38. The number of nitrogens with zero attached hydrogens (tertiary/aromatic N) is 10. The Hall–Kier alpha value is -4.80. The van der Waals surface area contributed by atoms with Crippen LogP contribution in [0.15, 0.2) is 0 Å². The molecule has 0 aromatic rings. The van der Waals surface area contributed by atoms with Gasteiger partial charge in [0.05, 0.1) is 7.05 Å². The van der Waals surface area contributed by atoms with Crippen LogP contribution in [0.25, 0.3) is 0 Å². The SMILES string of the molecule is CN(CN([N+](=O)[O-])C12CC1N([N+](=O)[O-])C(N[N+](=O)[O-])C(N[N+](=O)[O-])N2[N+](=O)[O-])[N+](=O)[O-]. The number of piperazine rings is 1. The summed E-state index contributed by atoms with van der Waals surface area (Å²) in [5.41, 5.74) is 0.0388. The van der Waals surface area contributed by atoms with Gasteiger partial charge in [0.1, 0.15) is 6.04 Å². The number of fused-ring (bicyclic) bond motifs is 1. The van der Waals surface area contributed by atoms with Gasteiger partial charge in [0.2, 0.25) is 6.67 Å². The van der Waals surface area contributed by atoms with E-state index >= 15 is 0 Å². The summed E-state index contributed by atoms with van der Waals surface area (Å²) in [6.07, 6.45) is -5.63. The van der Waals surface area contributed by atoms with E-state index in [1.165, 1.54) is 10.9 Å². The summed E-state index contributed by atoms with van der Waals surface area (Å²) < 4.78 is 0. The number of hydrogen-bond acceptors (Lipinski definition) is 12. The van der Waals surface area contributed by atoms with Crippen LogP contribution in [0.4, 0.5) is 0 Å². The van der Waals surface area contributed by atoms with Crippen molar-refractivity contribution in [3.05, 3.63) is 60.7 Å². The van der Waals surface area contributed by atoms with E-state index in [0.29, 0.717) is 0 Å². The second kappa shape index (κ2) is 7.55. The molecule has 31 heavy (non-hydrogen) atoms. The van der Waals surface area contributed by atoms with E-state index in [9.17, 15) is 60.7 Å². The third-order valence-electron chi connectivity index (χ3n) is 4.53. The predicted molar refractivity (Wildman–Crippen MR) is 85.1 cm³/mol. The minimum absolute atomic E-state index is 0.0212. The highest BCUT2D eigenvalue weighted by molar-refractivity contribution is 5.17. The Morgan fingerprint density at radius 2 is 1.39 bits per heavy atom. The zero-order chi connectivity index (χ0) is 23.8. The van der Waals surface area contributed by atoms with Gasteiger partial charge < -0.3 is 0 Å². The van der Waals surface area contributed by atoms with Gasteiger partial charge in [-0.1, -0.05) is 15.0 Å². The fourth-order valence-electron chi connectivity index (χ4n) is 3.38. The highest BCUT2D eigenvalue weighted by Gasteiger charge is 2.84. The van der Waals surface area contributed by atoms with E-state index in [4.69, 9.17) is 0 Å². The van der Waals surface area contributed by atoms with Crippen molar-refractivity contribution < 1.29 is 30.2 Å². The molecule has 0 aromatic heterocycles. The van der Waals surface area contributed by atoms with Crippen molar-refractivity contribution in [3.63, 3.8) is 0 Å². The van der Waals surface area contributed by atoms with Crippen LogP contribution >= 0.6 is 0 Å². The third-order valence-corrected chi connectivity index (χ3v) is 4.53. The van der Waals surface area contributed by atoms with Gasteiger partial charge in [-0.15, -0.1) is 15.9 Å². The second-order valence-corrected chi connectivity index (χ2v) is 6.14. The van der Waals surface area contributed by atoms with Gasteiger partial charge in [-0.25, -0.2) is 60.7 Å². The molecule has 172 valence electrons. The summed E-state index contributed by atoms with van der Waals surface area (Å²) in [4.78, 5) is 67.5. The summed E-state index contributed by atoms with van der Waals surface area (Å²) in [6, 6.07) is -1.79. The molecule has 4 unspecified atom stereocenters. The second-order valence-electron chi connectivity index (χ2n) is 6.14. The van der Waals surface area contributed by atoms with Gasteiger partial charge in [-0.3, -0.25) is 0 Å². The molecule has 24 heteroatoms. The average Bonchev–Trinajstić information content (AvgIpc) is 3.32. The van der Waals surface area contributed by atoms with E-state index in [1.54, 1.807) is 0 Å². The molecule has 1 aliphatic heterocycles. The molecule has 0 aromatic carbocycles. The number of nitro groups is 6. The fraction of sp³-hybridized carbons (Fsp3) is 1.00. The molecule has 0 radical (unpaired) electrons. The summed E-state index contributed by atoms with van der Waals surface area (Å²) in [6.45, 7) is -1.23. The molecule has 1 heterocycles. The Bertz CT molecular complexity index is 837. The predicted octanol–water partition coefficient (Wildman–Crippen LogP) is -3.75. The highest BCUT2D eigenvalue weighted by Crippen LogP contribution is 2.53. The van der Waals surface area contributed by atoms with Gasteiger partial charge >= 0.3 is 0 Å². The maximum absolute atomic E-state index is 11.7. The van der Waals surface area contributed by atoms with Gasteiger partial charge in [-0.05, 0) is 0 Å². The quantitative estimate of drug-likeness (QED) is 0.171. The molecule has 1 saturated carbocycles. The lowest BCUT2D eigenvalue weighted by Gasteiger charge is -2.40. The van der Waals surface area contributed by atoms with Gasteiger partial charge in [0, 0.05) is 6.42 Å². The largest absolute Gasteiger partial charge is 0.266 e. The molecule has 0 bridgehead atoms. The van der Waals surface area contributed by atoms with E-state index in [2.05, 4.69) is 0 Å². The monoisotopic (exact) mass is 456 g/mol. The van der Waals surface area contributed by atoms with E-state index in [-0.39, 0.29) is 20.0 Å². The van der Waals surface area contributed by atoms with Crippen molar-refractivity contribution in [2.45, 2.75) is 30.5 Å². The van der Waals surface area contributed by atoms with Crippen LogP contribution in [-0.2, 0) is 0 Å². The van der Waals surface area contributed by atoms with Crippen LogP contribution in [-0.4, -0.2) is 88.0 Å². The molecular formula is C7H12N12O12. The molecule has 0 amide bonds. The first-order chi connectivity index (χ1) is 14.2. The van der Waals surface area contributed by atoms with Crippen molar-refractivity contribution >= 4 is 0 Å². The lowest BCUT2D eigenvalue weighted by molar-refractivity contribution is -0.783. The molecule has 4 atom stereocenters. The molecule has 1 saturated heterocycles. The normalized spacial score (nSPS) is 26.2. The van der Waals surface area contributed by atoms with Crippen LogP contribution < -0.4 is 10.9 Å². The highest BCUT2D eigenvalue weighted by atomic mass is 16.7. The van der Waals surface area contributed by atoms with Crippen LogP contribution in [0.2, 0.25) is 0 Å². The molecule has 2 aliphatic rings. The zero-order valence-corrected chi connectivity index (χ0v) is 15.0. The Labute approximate surface area is 167 Å². The van der Waals surface area contributed by atoms with Crippen molar-refractivity contribution in [1.29, 1.82) is 0 Å². The molecule has 2 rings (SSSR count). The van der Waals surface area contributed by atoms with Crippen molar-refractivity contribution in [2.24, 2.45) is 0 Å². The van der Waals surface area contributed by atoms with Gasteiger partial charge in [-0.2, -0.15) is 0 Å². The molecular weight excluding hydrogens is 444 g/mol. The third kappa shape index (κ3) is 3.74. The topological polar surface area (TPSA) is 296 Å². The van der Waals surface area contributed by atoms with Gasteiger partial charge in [0.25, 0.3) is 18.0 Å². The van der Waals surface area contributed by atoms with Crippen LogP contribution in [0.3, 0.4) is 0 Å². The summed E-state index contributed by atoms with van der Waals surface area (Å²) in [5.74, 6) is 0. The lowest BCUT2D eigenvalue weighted by atomic mass is 10.2. The average molecular weight is 456 g/mol. The Morgan fingerprint density at radius 3 is 1.77 bits per heavy atom. The maximum Gasteiger partial charge on any atom is 0.266 e. The van der Waals surface area contributed by atoms with Crippen LogP contribution in [0.5, 0.6) is 0 Å². The zero-order valence-electron chi connectivity index (χ0n) is 15.0. The minimum Gasteiger partial charge on any atom is -0.235 e. The summed E-state index contributed by atoms with van der Waals surface area (Å²) in [7, 11) is 0.763. The molecule has 1 aliphatic carbocycles. The Balaban J connectivity index is 2.66. The molecule has 0 spiro atoms. The maximum atomic E-state index is 11.7. The Kier molecular flexibility index (Phi) is 5.48. The van der Waals surface area contributed by atoms with E-state index in [0.717, 1.165) is 7.05 Å². The summed E-state index contributed by atoms with van der Waals surface area (Å²) >= 11 is 0. The van der Waals surface area contributed by atoms with E-state index in [1.807, 2.05) is 0 Å². The number of rotatable bonds is 11. The number of nitrogens with one attached hydrogen (secondary N) is 2. The number of hydrazine groups is 6. The minimum atomic E-state index is -2.60. The molecule has 24 nitrogen and oxygen atoms in total. The van der Waals surface area contributed by atoms with Crippen molar-refractivity contribution in [2.75, 3.05) is 13.7 Å². The van der Waals surface area contributed by atoms with E-state index < -0.39 is 67.3 Å². The van der Waals surface area contributed by atoms with Crippen LogP contribution in [0.1, 0.15) is 6.42 Å². The first kappa shape index (κ1) is 22.5.